The third-order valence-electron chi connectivity index (χ3n) is 3.29. The lowest BCUT2D eigenvalue weighted by Crippen LogP contribution is -2.47. The quantitative estimate of drug-likeness (QED) is 0.480. The van der Waals surface area contributed by atoms with Crippen molar-refractivity contribution in [2.75, 3.05) is 20.3 Å². The second-order valence-electron chi connectivity index (χ2n) is 5.47. The molecule has 0 spiro atoms. The van der Waals surface area contributed by atoms with Crippen molar-refractivity contribution in [1.82, 2.24) is 0 Å². The Bertz CT molecular complexity index is 293. The van der Waals surface area contributed by atoms with Crippen molar-refractivity contribution in [3.8, 4) is 0 Å². The summed E-state index contributed by atoms with van der Waals surface area (Å²) in [5, 5.41) is 0. The molecule has 1 aliphatic heterocycles. The molecule has 0 bridgehead atoms. The highest BCUT2D eigenvalue weighted by Crippen LogP contribution is 2.27. The van der Waals surface area contributed by atoms with E-state index in [9.17, 15) is 0 Å². The van der Waals surface area contributed by atoms with Crippen molar-refractivity contribution in [2.24, 2.45) is 0 Å². The van der Waals surface area contributed by atoms with Crippen LogP contribution in [0.3, 0.4) is 0 Å². The fourth-order valence-electron chi connectivity index (χ4n) is 2.01. The lowest BCUT2D eigenvalue weighted by Gasteiger charge is -2.38. The molecule has 0 saturated carbocycles. The summed E-state index contributed by atoms with van der Waals surface area (Å²) in [5.74, 6) is -0.993. The van der Waals surface area contributed by atoms with E-state index in [0.717, 1.165) is 6.42 Å². The van der Waals surface area contributed by atoms with Crippen LogP contribution in [0.25, 0.3) is 0 Å². The van der Waals surface area contributed by atoms with E-state index in [0.29, 0.717) is 26.1 Å². The van der Waals surface area contributed by atoms with Crippen molar-refractivity contribution >= 4 is 8.56 Å². The maximum Gasteiger partial charge on any atom is 0.333 e. The summed E-state index contributed by atoms with van der Waals surface area (Å²) in [6, 6.07) is 0. The lowest BCUT2D eigenvalue weighted by molar-refractivity contribution is -0.440. The van der Waals surface area contributed by atoms with Crippen molar-refractivity contribution in [3.05, 3.63) is 0 Å². The van der Waals surface area contributed by atoms with Gasteiger partial charge in [-0.25, -0.2) is 0 Å². The predicted octanol–water partition coefficient (Wildman–Crippen LogP) is 2.97. The Balaban J connectivity index is 2.53. The minimum absolute atomic E-state index is 0.408. The van der Waals surface area contributed by atoms with Crippen LogP contribution in [0.5, 0.6) is 0 Å². The van der Waals surface area contributed by atoms with Gasteiger partial charge < -0.3 is 23.1 Å². The third kappa shape index (κ3) is 6.31. The van der Waals surface area contributed by atoms with E-state index in [1.165, 1.54) is 0 Å². The van der Waals surface area contributed by atoms with Gasteiger partial charge >= 0.3 is 8.56 Å². The Morgan fingerprint density at radius 3 is 2.29 bits per heavy atom. The molecule has 1 aliphatic rings. The molecule has 1 fully saturated rings. The van der Waals surface area contributed by atoms with Gasteiger partial charge in [0.15, 0.2) is 6.29 Å². The molecule has 0 aromatic heterocycles. The zero-order valence-corrected chi connectivity index (χ0v) is 15.1. The second-order valence-corrected chi connectivity index (χ2v) is 8.91. The van der Waals surface area contributed by atoms with Gasteiger partial charge in [0, 0.05) is 13.5 Å². The summed E-state index contributed by atoms with van der Waals surface area (Å²) in [6.07, 6.45) is 1.32. The van der Waals surface area contributed by atoms with E-state index in [2.05, 4.69) is 0 Å². The molecule has 0 N–H and O–H groups in total. The SMILES string of the molecule is CCC(OC(C)O[Si](C)(C)OC)OC1(CC)OCCCO1. The van der Waals surface area contributed by atoms with Gasteiger partial charge in [-0.05, 0) is 32.9 Å². The summed E-state index contributed by atoms with van der Waals surface area (Å²) in [7, 11) is -0.487. The van der Waals surface area contributed by atoms with Crippen LogP contribution in [0.2, 0.25) is 13.1 Å². The third-order valence-corrected chi connectivity index (χ3v) is 5.18. The van der Waals surface area contributed by atoms with Gasteiger partial charge in [0.1, 0.15) is 6.29 Å². The largest absolute Gasteiger partial charge is 0.398 e. The standard InChI is InChI=1S/C14H30O6Si/c1-7-13(18-12(3)20-21(5,6)15-4)19-14(8-2)16-10-9-11-17-14/h12-13H,7-11H2,1-6H3. The second kappa shape index (κ2) is 8.57. The monoisotopic (exact) mass is 322 g/mol. The van der Waals surface area contributed by atoms with Gasteiger partial charge in [0.25, 0.3) is 5.97 Å². The van der Waals surface area contributed by atoms with Crippen LogP contribution >= 0.6 is 0 Å². The molecular weight excluding hydrogens is 292 g/mol. The van der Waals surface area contributed by atoms with Crippen LogP contribution in [0.1, 0.15) is 40.0 Å². The minimum Gasteiger partial charge on any atom is -0.398 e. The predicted molar refractivity (Wildman–Crippen MR) is 80.8 cm³/mol. The van der Waals surface area contributed by atoms with Crippen LogP contribution in [0.15, 0.2) is 0 Å². The van der Waals surface area contributed by atoms with Crippen LogP contribution in [-0.4, -0.2) is 47.4 Å². The lowest BCUT2D eigenvalue weighted by atomic mass is 10.3. The minimum atomic E-state index is -2.14. The first kappa shape index (κ1) is 19.0. The van der Waals surface area contributed by atoms with Crippen molar-refractivity contribution in [2.45, 2.75) is 71.7 Å². The molecule has 0 aromatic rings. The highest BCUT2D eigenvalue weighted by Gasteiger charge is 2.38. The van der Waals surface area contributed by atoms with Crippen LogP contribution in [0, 0.1) is 0 Å². The zero-order valence-electron chi connectivity index (χ0n) is 14.1. The Morgan fingerprint density at radius 1 is 1.19 bits per heavy atom. The number of hydrogen-bond donors (Lipinski definition) is 0. The first-order valence-corrected chi connectivity index (χ1v) is 10.5. The Hall–Kier alpha value is -0.0231. The molecule has 21 heavy (non-hydrogen) atoms. The van der Waals surface area contributed by atoms with E-state index < -0.39 is 27.1 Å². The molecule has 1 rings (SSSR count). The molecule has 6 nitrogen and oxygen atoms in total. The molecule has 2 unspecified atom stereocenters. The average molecular weight is 322 g/mol. The van der Waals surface area contributed by atoms with E-state index in [1.54, 1.807) is 7.11 Å². The van der Waals surface area contributed by atoms with Crippen LogP contribution in [0.4, 0.5) is 0 Å². The number of rotatable bonds is 9. The molecule has 0 radical (unpaired) electrons. The van der Waals surface area contributed by atoms with Crippen LogP contribution in [-0.2, 0) is 27.8 Å². The number of hydrogen-bond acceptors (Lipinski definition) is 6. The summed E-state index contributed by atoms with van der Waals surface area (Å²) < 4.78 is 34.2. The van der Waals surface area contributed by atoms with Gasteiger partial charge in [-0.1, -0.05) is 13.8 Å². The zero-order chi connectivity index (χ0) is 15.9. The molecule has 0 aliphatic carbocycles. The Morgan fingerprint density at radius 2 is 1.81 bits per heavy atom. The average Bonchev–Trinajstić information content (AvgIpc) is 2.47. The fraction of sp³-hybridized carbons (Fsp3) is 1.00. The summed E-state index contributed by atoms with van der Waals surface area (Å²) in [5.41, 5.74) is 0. The van der Waals surface area contributed by atoms with Gasteiger partial charge in [0.05, 0.1) is 13.2 Å². The van der Waals surface area contributed by atoms with E-state index >= 15 is 0 Å². The van der Waals surface area contributed by atoms with E-state index in [1.807, 2.05) is 33.9 Å². The first-order valence-electron chi connectivity index (χ1n) is 7.70. The molecule has 2 atom stereocenters. The molecule has 0 amide bonds. The van der Waals surface area contributed by atoms with Crippen molar-refractivity contribution < 1.29 is 27.8 Å². The Kier molecular flexibility index (Phi) is 7.76. The van der Waals surface area contributed by atoms with Crippen molar-refractivity contribution in [3.63, 3.8) is 0 Å². The maximum atomic E-state index is 5.92. The maximum absolute atomic E-state index is 5.92. The van der Waals surface area contributed by atoms with Gasteiger partial charge in [-0.2, -0.15) is 0 Å². The van der Waals surface area contributed by atoms with Gasteiger partial charge in [-0.3, -0.25) is 4.74 Å². The van der Waals surface area contributed by atoms with Crippen molar-refractivity contribution in [1.29, 1.82) is 0 Å². The molecule has 1 saturated heterocycles. The molecule has 126 valence electrons. The highest BCUT2D eigenvalue weighted by atomic mass is 28.4. The smallest absolute Gasteiger partial charge is 0.333 e. The molecular formula is C14H30O6Si. The molecule has 1 heterocycles. The topological polar surface area (TPSA) is 55.4 Å². The summed E-state index contributed by atoms with van der Waals surface area (Å²) in [4.78, 5) is 0. The molecule has 7 heteroatoms. The van der Waals surface area contributed by atoms with E-state index in [4.69, 9.17) is 27.8 Å². The molecule has 0 aromatic carbocycles. The van der Waals surface area contributed by atoms with Gasteiger partial charge in [0.2, 0.25) is 0 Å². The van der Waals surface area contributed by atoms with E-state index in [-0.39, 0.29) is 0 Å². The first-order chi connectivity index (χ1) is 9.86. The number of ether oxygens (including phenoxy) is 4. The summed E-state index contributed by atoms with van der Waals surface area (Å²) >= 11 is 0. The highest BCUT2D eigenvalue weighted by molar-refractivity contribution is 6.64. The summed E-state index contributed by atoms with van der Waals surface area (Å²) in [6.45, 7) is 11.0. The van der Waals surface area contributed by atoms with Gasteiger partial charge in [-0.15, -0.1) is 0 Å². The normalized spacial score (nSPS) is 22.0. The Labute approximate surface area is 129 Å². The van der Waals surface area contributed by atoms with Crippen LogP contribution < -0.4 is 0 Å². The fourth-order valence-corrected chi connectivity index (χ4v) is 2.96.